The van der Waals surface area contributed by atoms with E-state index in [1.165, 1.54) is 6.08 Å². The van der Waals surface area contributed by atoms with Crippen LogP contribution in [-0.2, 0) is 11.3 Å². The van der Waals surface area contributed by atoms with Crippen LogP contribution in [0.1, 0.15) is 15.9 Å². The number of nitrogens with one attached hydrogen (secondary N) is 1. The number of ether oxygens (including phenoxy) is 1. The van der Waals surface area contributed by atoms with Gasteiger partial charge < -0.3 is 10.1 Å². The highest BCUT2D eigenvalue weighted by atomic mass is 16.5. The van der Waals surface area contributed by atoms with Crippen LogP contribution in [0.25, 0.3) is 0 Å². The lowest BCUT2D eigenvalue weighted by Crippen LogP contribution is -2.20. The summed E-state index contributed by atoms with van der Waals surface area (Å²) in [7, 11) is 1.54. The fourth-order valence-corrected chi connectivity index (χ4v) is 1.23. The van der Waals surface area contributed by atoms with Gasteiger partial charge in [0.2, 0.25) is 5.91 Å². The van der Waals surface area contributed by atoms with Crippen LogP contribution in [0.15, 0.2) is 30.9 Å². The van der Waals surface area contributed by atoms with Crippen LogP contribution in [0.3, 0.4) is 0 Å². The van der Waals surface area contributed by atoms with E-state index in [1.54, 1.807) is 25.3 Å². The van der Waals surface area contributed by atoms with E-state index in [1.807, 2.05) is 0 Å². The van der Waals surface area contributed by atoms with Crippen molar-refractivity contribution in [2.75, 3.05) is 7.11 Å². The second-order valence-electron chi connectivity index (χ2n) is 3.10. The Morgan fingerprint density at radius 2 is 2.31 bits per heavy atom. The Hall–Kier alpha value is -2.10. The third-order valence-electron chi connectivity index (χ3n) is 2.12. The molecule has 1 amide bonds. The van der Waals surface area contributed by atoms with Crippen molar-refractivity contribution in [2.24, 2.45) is 0 Å². The van der Waals surface area contributed by atoms with Crippen molar-refractivity contribution < 1.29 is 14.3 Å². The van der Waals surface area contributed by atoms with Crippen LogP contribution in [0, 0.1) is 0 Å². The first-order valence-electron chi connectivity index (χ1n) is 4.73. The number of methoxy groups -OCH3 is 1. The maximum absolute atomic E-state index is 11.0. The fourth-order valence-electron chi connectivity index (χ4n) is 1.23. The molecule has 0 atom stereocenters. The lowest BCUT2D eigenvalue weighted by molar-refractivity contribution is -0.116. The van der Waals surface area contributed by atoms with Gasteiger partial charge in [0.15, 0.2) is 0 Å². The molecule has 0 radical (unpaired) electrons. The maximum Gasteiger partial charge on any atom is 0.243 e. The number of benzene rings is 1. The van der Waals surface area contributed by atoms with Crippen LogP contribution in [0.4, 0.5) is 0 Å². The summed E-state index contributed by atoms with van der Waals surface area (Å²) in [5, 5.41) is 2.60. The van der Waals surface area contributed by atoms with Crippen LogP contribution >= 0.6 is 0 Å². The predicted octanol–water partition coefficient (Wildman–Crippen LogP) is 1.31. The zero-order valence-corrected chi connectivity index (χ0v) is 9.03. The minimum Gasteiger partial charge on any atom is -0.497 e. The van der Waals surface area contributed by atoms with E-state index in [2.05, 4.69) is 11.9 Å². The largest absolute Gasteiger partial charge is 0.497 e. The maximum atomic E-state index is 11.0. The molecule has 1 aromatic carbocycles. The monoisotopic (exact) mass is 219 g/mol. The van der Waals surface area contributed by atoms with E-state index in [0.717, 1.165) is 6.29 Å². The fraction of sp³-hybridized carbons (Fsp3) is 0.167. The summed E-state index contributed by atoms with van der Waals surface area (Å²) in [4.78, 5) is 21.8. The van der Waals surface area contributed by atoms with Gasteiger partial charge in [-0.1, -0.05) is 6.58 Å². The van der Waals surface area contributed by atoms with Gasteiger partial charge in [0.25, 0.3) is 0 Å². The highest BCUT2D eigenvalue weighted by Crippen LogP contribution is 2.16. The summed E-state index contributed by atoms with van der Waals surface area (Å²) in [6.07, 6.45) is 1.93. The van der Waals surface area contributed by atoms with E-state index >= 15 is 0 Å². The van der Waals surface area contributed by atoms with Gasteiger partial charge in [-0.2, -0.15) is 0 Å². The van der Waals surface area contributed by atoms with E-state index in [0.29, 0.717) is 16.9 Å². The molecule has 0 aliphatic heterocycles. The molecule has 0 spiro atoms. The minimum absolute atomic E-state index is 0.274. The molecule has 0 bridgehead atoms. The smallest absolute Gasteiger partial charge is 0.243 e. The average molecular weight is 219 g/mol. The standard InChI is InChI=1S/C12H13NO3/c1-3-12(15)13-7-10-6-11(16-2)5-4-9(10)8-14/h3-6,8H,1,7H2,2H3,(H,13,15). The number of aldehydes is 1. The second-order valence-corrected chi connectivity index (χ2v) is 3.10. The van der Waals surface area contributed by atoms with Crippen molar-refractivity contribution >= 4 is 12.2 Å². The molecule has 4 heteroatoms. The molecule has 0 unspecified atom stereocenters. The Balaban J connectivity index is 2.86. The number of hydrogen-bond donors (Lipinski definition) is 1. The molecule has 16 heavy (non-hydrogen) atoms. The highest BCUT2D eigenvalue weighted by molar-refractivity contribution is 5.87. The van der Waals surface area contributed by atoms with Gasteiger partial charge in [-0.25, -0.2) is 0 Å². The molecule has 84 valence electrons. The molecule has 1 N–H and O–H groups in total. The second kappa shape index (κ2) is 5.70. The third kappa shape index (κ3) is 2.95. The zero-order valence-electron chi connectivity index (χ0n) is 9.03. The van der Waals surface area contributed by atoms with E-state index in [4.69, 9.17) is 4.74 Å². The lowest BCUT2D eigenvalue weighted by Gasteiger charge is -2.07. The molecule has 1 aromatic rings. The van der Waals surface area contributed by atoms with Gasteiger partial charge in [0, 0.05) is 12.1 Å². The molecule has 0 aliphatic rings. The first-order valence-corrected chi connectivity index (χ1v) is 4.73. The molecule has 1 rings (SSSR count). The first kappa shape index (κ1) is 12.0. The zero-order chi connectivity index (χ0) is 12.0. The van der Waals surface area contributed by atoms with Crippen molar-refractivity contribution in [2.45, 2.75) is 6.54 Å². The minimum atomic E-state index is -0.278. The molecular weight excluding hydrogens is 206 g/mol. The first-order chi connectivity index (χ1) is 7.71. The van der Waals surface area contributed by atoms with E-state index in [-0.39, 0.29) is 12.5 Å². The highest BCUT2D eigenvalue weighted by Gasteiger charge is 2.04. The van der Waals surface area contributed by atoms with Crippen LogP contribution in [0.2, 0.25) is 0 Å². The topological polar surface area (TPSA) is 55.4 Å². The van der Waals surface area contributed by atoms with Crippen molar-refractivity contribution in [3.05, 3.63) is 42.0 Å². The summed E-state index contributed by atoms with van der Waals surface area (Å²) in [6.45, 7) is 3.62. The van der Waals surface area contributed by atoms with Gasteiger partial charge in [-0.3, -0.25) is 9.59 Å². The van der Waals surface area contributed by atoms with Crippen LogP contribution in [-0.4, -0.2) is 19.3 Å². The lowest BCUT2D eigenvalue weighted by atomic mass is 10.1. The predicted molar refractivity (Wildman–Crippen MR) is 60.4 cm³/mol. The van der Waals surface area contributed by atoms with Gasteiger partial charge in [0.1, 0.15) is 12.0 Å². The Labute approximate surface area is 93.9 Å². The molecule has 0 heterocycles. The molecule has 0 saturated heterocycles. The summed E-state index contributed by atoms with van der Waals surface area (Å²) >= 11 is 0. The Morgan fingerprint density at radius 3 is 2.88 bits per heavy atom. The third-order valence-corrected chi connectivity index (χ3v) is 2.12. The average Bonchev–Trinajstić information content (AvgIpc) is 2.35. The van der Waals surface area contributed by atoms with Crippen molar-refractivity contribution in [1.29, 1.82) is 0 Å². The quantitative estimate of drug-likeness (QED) is 0.600. The van der Waals surface area contributed by atoms with Crippen molar-refractivity contribution in [3.8, 4) is 5.75 Å². The molecule has 0 saturated carbocycles. The van der Waals surface area contributed by atoms with E-state index < -0.39 is 0 Å². The summed E-state index contributed by atoms with van der Waals surface area (Å²) in [6, 6.07) is 5.07. The molecule has 0 aliphatic carbocycles. The van der Waals surface area contributed by atoms with Crippen molar-refractivity contribution in [1.82, 2.24) is 5.32 Å². The molecule has 4 nitrogen and oxygen atoms in total. The van der Waals surface area contributed by atoms with Crippen LogP contribution < -0.4 is 10.1 Å². The molecular formula is C12H13NO3. The number of rotatable bonds is 5. The Kier molecular flexibility index (Phi) is 4.27. The van der Waals surface area contributed by atoms with Crippen LogP contribution in [0.5, 0.6) is 5.75 Å². The number of amides is 1. The van der Waals surface area contributed by atoms with Gasteiger partial charge >= 0.3 is 0 Å². The SMILES string of the molecule is C=CC(=O)NCc1cc(OC)ccc1C=O. The van der Waals surface area contributed by atoms with Gasteiger partial charge in [0.05, 0.1) is 7.11 Å². The van der Waals surface area contributed by atoms with Gasteiger partial charge in [-0.05, 0) is 29.8 Å². The number of hydrogen-bond acceptors (Lipinski definition) is 3. The summed E-state index contributed by atoms with van der Waals surface area (Å²) in [5.41, 5.74) is 1.25. The molecule has 0 fully saturated rings. The summed E-state index contributed by atoms with van der Waals surface area (Å²) in [5.74, 6) is 0.369. The Morgan fingerprint density at radius 1 is 1.56 bits per heavy atom. The molecule has 0 aromatic heterocycles. The van der Waals surface area contributed by atoms with E-state index in [9.17, 15) is 9.59 Å². The normalized spacial score (nSPS) is 9.31. The Bertz CT molecular complexity index is 413. The van der Waals surface area contributed by atoms with Gasteiger partial charge in [-0.15, -0.1) is 0 Å². The number of carbonyl (C=O) groups excluding carboxylic acids is 2. The summed E-state index contributed by atoms with van der Waals surface area (Å²) < 4.78 is 5.04. The van der Waals surface area contributed by atoms with Crippen molar-refractivity contribution in [3.63, 3.8) is 0 Å². The number of carbonyl (C=O) groups is 2.